The fourth-order valence-electron chi connectivity index (χ4n) is 1.70. The van der Waals surface area contributed by atoms with Crippen LogP contribution in [-0.4, -0.2) is 11.6 Å². The van der Waals surface area contributed by atoms with Crippen LogP contribution in [0.1, 0.15) is 40.0 Å². The molecule has 15 heavy (non-hydrogen) atoms. The molecular formula is C13H18O2. The van der Waals surface area contributed by atoms with Gasteiger partial charge in [0.25, 0.3) is 0 Å². The average Bonchev–Trinajstić information content (AvgIpc) is 1.99. The summed E-state index contributed by atoms with van der Waals surface area (Å²) in [6, 6.07) is 0. The molecule has 0 aromatic carbocycles. The van der Waals surface area contributed by atoms with Crippen LogP contribution in [0.3, 0.4) is 0 Å². The van der Waals surface area contributed by atoms with Gasteiger partial charge in [-0.15, -0.1) is 5.92 Å². The molecule has 0 radical (unpaired) electrons. The van der Waals surface area contributed by atoms with Crippen LogP contribution in [0.15, 0.2) is 12.2 Å². The Morgan fingerprint density at radius 1 is 1.53 bits per heavy atom. The minimum atomic E-state index is -0.622. The Balaban J connectivity index is 2.75. The molecule has 1 aliphatic carbocycles. The first-order valence-electron chi connectivity index (χ1n) is 5.32. The molecule has 1 saturated carbocycles. The average molecular weight is 206 g/mol. The summed E-state index contributed by atoms with van der Waals surface area (Å²) in [5, 5.41) is 0. The minimum Gasteiger partial charge on any atom is -0.442 e. The summed E-state index contributed by atoms with van der Waals surface area (Å²) < 4.78 is 5.43. The van der Waals surface area contributed by atoms with Crippen molar-refractivity contribution in [3.63, 3.8) is 0 Å². The number of hydrogen-bond acceptors (Lipinski definition) is 2. The fourth-order valence-corrected chi connectivity index (χ4v) is 1.70. The van der Waals surface area contributed by atoms with E-state index in [0.29, 0.717) is 11.5 Å². The van der Waals surface area contributed by atoms with Gasteiger partial charge < -0.3 is 4.74 Å². The molecule has 0 aromatic heterocycles. The summed E-state index contributed by atoms with van der Waals surface area (Å²) in [5.41, 5.74) is -0.193. The minimum absolute atomic E-state index is 0.341. The quantitative estimate of drug-likeness (QED) is 0.403. The number of carbonyl (C=O) groups is 1. The van der Waals surface area contributed by atoms with Gasteiger partial charge in [0.1, 0.15) is 0 Å². The Morgan fingerprint density at radius 2 is 2.13 bits per heavy atom. The number of esters is 1. The topological polar surface area (TPSA) is 26.3 Å². The molecule has 0 spiro atoms. The van der Waals surface area contributed by atoms with Crippen LogP contribution in [0.5, 0.6) is 0 Å². The van der Waals surface area contributed by atoms with Crippen LogP contribution in [0, 0.1) is 17.8 Å². The van der Waals surface area contributed by atoms with Gasteiger partial charge in [-0.2, -0.15) is 0 Å². The first-order valence-corrected chi connectivity index (χ1v) is 5.32. The van der Waals surface area contributed by atoms with Crippen molar-refractivity contribution in [2.45, 2.75) is 45.6 Å². The molecule has 0 aliphatic heterocycles. The SMILES string of the molecule is C=C(C)C(=O)OC(C)(C#CC)C1CCC1. The van der Waals surface area contributed by atoms with Crippen LogP contribution >= 0.6 is 0 Å². The molecule has 0 aromatic rings. The Labute approximate surface area is 91.7 Å². The van der Waals surface area contributed by atoms with Gasteiger partial charge in [0, 0.05) is 11.5 Å². The van der Waals surface area contributed by atoms with E-state index in [2.05, 4.69) is 18.4 Å². The Kier molecular flexibility index (Phi) is 3.57. The lowest BCUT2D eigenvalue weighted by Gasteiger charge is -2.38. The first-order chi connectivity index (χ1) is 6.99. The van der Waals surface area contributed by atoms with E-state index in [1.807, 2.05) is 6.92 Å². The Morgan fingerprint density at radius 3 is 2.47 bits per heavy atom. The molecule has 0 amide bonds. The van der Waals surface area contributed by atoms with Crippen LogP contribution < -0.4 is 0 Å². The lowest BCUT2D eigenvalue weighted by Crippen LogP contribution is -2.42. The van der Waals surface area contributed by atoms with E-state index in [0.717, 1.165) is 12.8 Å². The lowest BCUT2D eigenvalue weighted by molar-refractivity contribution is -0.154. The highest BCUT2D eigenvalue weighted by Gasteiger charge is 2.40. The maximum atomic E-state index is 11.5. The van der Waals surface area contributed by atoms with Crippen molar-refractivity contribution < 1.29 is 9.53 Å². The van der Waals surface area contributed by atoms with Gasteiger partial charge in [-0.1, -0.05) is 18.9 Å². The van der Waals surface area contributed by atoms with Gasteiger partial charge in [0.2, 0.25) is 0 Å². The van der Waals surface area contributed by atoms with Crippen molar-refractivity contribution in [2.75, 3.05) is 0 Å². The zero-order chi connectivity index (χ0) is 11.5. The molecule has 2 heteroatoms. The third-order valence-corrected chi connectivity index (χ3v) is 2.91. The highest BCUT2D eigenvalue weighted by molar-refractivity contribution is 5.87. The lowest BCUT2D eigenvalue weighted by atomic mass is 9.74. The highest BCUT2D eigenvalue weighted by atomic mass is 16.6. The van der Waals surface area contributed by atoms with Gasteiger partial charge in [0.05, 0.1) is 0 Å². The summed E-state index contributed by atoms with van der Waals surface area (Å²) in [6.07, 6.45) is 3.39. The summed E-state index contributed by atoms with van der Waals surface area (Å²) in [5.74, 6) is 5.90. The standard InChI is InChI=1S/C13H18O2/c1-5-9-13(4,11-7-6-8-11)15-12(14)10(2)3/h11H,2,6-8H2,1,3-4H3. The molecular weight excluding hydrogens is 188 g/mol. The van der Waals surface area contributed by atoms with Gasteiger partial charge in [-0.25, -0.2) is 4.79 Å². The summed E-state index contributed by atoms with van der Waals surface area (Å²) in [7, 11) is 0. The molecule has 1 aliphatic rings. The third kappa shape index (κ3) is 2.62. The summed E-state index contributed by atoms with van der Waals surface area (Å²) in [4.78, 5) is 11.5. The molecule has 0 bridgehead atoms. The van der Waals surface area contributed by atoms with Crippen molar-refractivity contribution >= 4 is 5.97 Å². The molecule has 1 atom stereocenters. The second-order valence-corrected chi connectivity index (χ2v) is 4.28. The molecule has 1 fully saturated rings. The van der Waals surface area contributed by atoms with Crippen molar-refractivity contribution in [1.29, 1.82) is 0 Å². The molecule has 82 valence electrons. The maximum absolute atomic E-state index is 11.5. The number of hydrogen-bond donors (Lipinski definition) is 0. The van der Waals surface area contributed by atoms with E-state index in [-0.39, 0.29) is 5.97 Å². The highest BCUT2D eigenvalue weighted by Crippen LogP contribution is 2.38. The summed E-state index contributed by atoms with van der Waals surface area (Å²) in [6.45, 7) is 8.90. The van der Waals surface area contributed by atoms with Crippen LogP contribution in [0.4, 0.5) is 0 Å². The van der Waals surface area contributed by atoms with Crippen molar-refractivity contribution in [3.05, 3.63) is 12.2 Å². The van der Waals surface area contributed by atoms with Gasteiger partial charge in [0.15, 0.2) is 5.60 Å². The summed E-state index contributed by atoms with van der Waals surface area (Å²) >= 11 is 0. The smallest absolute Gasteiger partial charge is 0.334 e. The van der Waals surface area contributed by atoms with Gasteiger partial charge in [-0.05, 0) is 33.6 Å². The second-order valence-electron chi connectivity index (χ2n) is 4.28. The molecule has 1 unspecified atom stereocenters. The molecule has 0 saturated heterocycles. The number of carbonyl (C=O) groups excluding carboxylic acids is 1. The second kappa shape index (κ2) is 4.53. The van der Waals surface area contributed by atoms with E-state index in [1.165, 1.54) is 6.42 Å². The van der Waals surface area contributed by atoms with E-state index >= 15 is 0 Å². The monoisotopic (exact) mass is 206 g/mol. The molecule has 0 N–H and O–H groups in total. The van der Waals surface area contributed by atoms with Crippen LogP contribution in [0.2, 0.25) is 0 Å². The third-order valence-electron chi connectivity index (χ3n) is 2.91. The first kappa shape index (κ1) is 11.8. The Bertz CT molecular complexity index is 328. The zero-order valence-electron chi connectivity index (χ0n) is 9.72. The van der Waals surface area contributed by atoms with Crippen molar-refractivity contribution in [1.82, 2.24) is 0 Å². The fraction of sp³-hybridized carbons (Fsp3) is 0.615. The van der Waals surface area contributed by atoms with Crippen molar-refractivity contribution in [2.24, 2.45) is 5.92 Å². The number of ether oxygens (including phenoxy) is 1. The normalized spacial score (nSPS) is 19.1. The van der Waals surface area contributed by atoms with E-state index in [9.17, 15) is 4.79 Å². The van der Waals surface area contributed by atoms with Crippen LogP contribution in [-0.2, 0) is 9.53 Å². The molecule has 1 rings (SSSR count). The van der Waals surface area contributed by atoms with Crippen molar-refractivity contribution in [3.8, 4) is 11.8 Å². The van der Waals surface area contributed by atoms with Gasteiger partial charge >= 0.3 is 5.97 Å². The largest absolute Gasteiger partial charge is 0.442 e. The Hall–Kier alpha value is -1.23. The number of rotatable bonds is 3. The predicted molar refractivity (Wildman–Crippen MR) is 60.1 cm³/mol. The van der Waals surface area contributed by atoms with E-state index in [4.69, 9.17) is 4.74 Å². The molecule has 2 nitrogen and oxygen atoms in total. The van der Waals surface area contributed by atoms with E-state index in [1.54, 1.807) is 13.8 Å². The maximum Gasteiger partial charge on any atom is 0.334 e. The van der Waals surface area contributed by atoms with E-state index < -0.39 is 5.60 Å². The molecule has 0 heterocycles. The van der Waals surface area contributed by atoms with Gasteiger partial charge in [-0.3, -0.25) is 0 Å². The zero-order valence-corrected chi connectivity index (χ0v) is 9.72. The predicted octanol–water partition coefficient (Wildman–Crippen LogP) is 2.69. The van der Waals surface area contributed by atoms with Crippen LogP contribution in [0.25, 0.3) is 0 Å².